The molecule has 1 unspecified atom stereocenters. The van der Waals surface area contributed by atoms with Gasteiger partial charge in [-0.15, -0.1) is 0 Å². The number of hydrogen-bond acceptors (Lipinski definition) is 3. The molecule has 1 atom stereocenters. The molecule has 0 aromatic heterocycles. The summed E-state index contributed by atoms with van der Waals surface area (Å²) in [5, 5.41) is 0. The Kier molecular flexibility index (Phi) is 3.48. The zero-order chi connectivity index (χ0) is 13.1. The van der Waals surface area contributed by atoms with Crippen molar-refractivity contribution in [1.29, 1.82) is 0 Å². The smallest absolute Gasteiger partial charge is 0.165 e. The van der Waals surface area contributed by atoms with Crippen LogP contribution in [0.25, 0.3) is 0 Å². The first-order valence-electron chi connectivity index (χ1n) is 5.56. The molecule has 0 spiro atoms. The maximum Gasteiger partial charge on any atom is 0.165 e. The topological polar surface area (TPSA) is 61.3 Å². The standard InChI is InChI=1S/C14H15FN2O/c1-18-13-7-4-10(8-12(13)15)14(17)9-2-5-11(16)6-3-9/h2-8,14H,16-17H2,1H3. The molecule has 0 saturated heterocycles. The number of anilines is 1. The Balaban J connectivity index is 2.31. The fourth-order valence-corrected chi connectivity index (χ4v) is 1.77. The van der Waals surface area contributed by atoms with Gasteiger partial charge in [0.2, 0.25) is 0 Å². The molecule has 2 aromatic carbocycles. The third-order valence-electron chi connectivity index (χ3n) is 2.83. The Morgan fingerprint density at radius 3 is 2.22 bits per heavy atom. The summed E-state index contributed by atoms with van der Waals surface area (Å²) >= 11 is 0. The van der Waals surface area contributed by atoms with E-state index in [9.17, 15) is 4.39 Å². The van der Waals surface area contributed by atoms with Crippen LogP contribution in [0, 0.1) is 5.82 Å². The van der Waals surface area contributed by atoms with Crippen LogP contribution < -0.4 is 16.2 Å². The average Bonchev–Trinajstić information content (AvgIpc) is 2.38. The molecular weight excluding hydrogens is 231 g/mol. The van der Waals surface area contributed by atoms with Gasteiger partial charge in [0, 0.05) is 5.69 Å². The highest BCUT2D eigenvalue weighted by atomic mass is 19.1. The Hall–Kier alpha value is -2.07. The van der Waals surface area contributed by atoms with E-state index in [1.54, 1.807) is 24.3 Å². The fourth-order valence-electron chi connectivity index (χ4n) is 1.77. The molecule has 0 fully saturated rings. The average molecular weight is 246 g/mol. The number of methoxy groups -OCH3 is 1. The number of hydrogen-bond donors (Lipinski definition) is 2. The van der Waals surface area contributed by atoms with Crippen LogP contribution in [0.4, 0.5) is 10.1 Å². The SMILES string of the molecule is COc1ccc(C(N)c2ccc(N)cc2)cc1F. The molecule has 3 nitrogen and oxygen atoms in total. The molecule has 0 aliphatic carbocycles. The van der Waals surface area contributed by atoms with Gasteiger partial charge in [0.25, 0.3) is 0 Å². The predicted molar refractivity (Wildman–Crippen MR) is 69.8 cm³/mol. The van der Waals surface area contributed by atoms with E-state index in [-0.39, 0.29) is 11.8 Å². The Morgan fingerprint density at radius 1 is 1.06 bits per heavy atom. The number of nitrogens with two attached hydrogens (primary N) is 2. The molecule has 2 rings (SSSR count). The fraction of sp³-hybridized carbons (Fsp3) is 0.143. The van der Waals surface area contributed by atoms with Crippen LogP contribution in [0.2, 0.25) is 0 Å². The first-order valence-corrected chi connectivity index (χ1v) is 5.56. The second kappa shape index (κ2) is 5.06. The number of ether oxygens (including phenoxy) is 1. The lowest BCUT2D eigenvalue weighted by molar-refractivity contribution is 0.386. The Morgan fingerprint density at radius 2 is 1.67 bits per heavy atom. The van der Waals surface area contributed by atoms with Gasteiger partial charge in [-0.1, -0.05) is 18.2 Å². The van der Waals surface area contributed by atoms with E-state index < -0.39 is 5.82 Å². The van der Waals surface area contributed by atoms with Crippen molar-refractivity contribution in [2.75, 3.05) is 12.8 Å². The van der Waals surface area contributed by atoms with Crippen molar-refractivity contribution in [1.82, 2.24) is 0 Å². The molecule has 0 aliphatic heterocycles. The lowest BCUT2D eigenvalue weighted by atomic mass is 9.99. The van der Waals surface area contributed by atoms with Crippen molar-refractivity contribution >= 4 is 5.69 Å². The monoisotopic (exact) mass is 246 g/mol. The lowest BCUT2D eigenvalue weighted by Crippen LogP contribution is -2.12. The van der Waals surface area contributed by atoms with Gasteiger partial charge in [-0.05, 0) is 35.4 Å². The highest BCUT2D eigenvalue weighted by Crippen LogP contribution is 2.25. The summed E-state index contributed by atoms with van der Waals surface area (Å²) < 4.78 is 18.5. The van der Waals surface area contributed by atoms with Gasteiger partial charge in [0.1, 0.15) is 0 Å². The van der Waals surface area contributed by atoms with Crippen molar-refractivity contribution < 1.29 is 9.13 Å². The number of rotatable bonds is 3. The van der Waals surface area contributed by atoms with Crippen LogP contribution in [0.5, 0.6) is 5.75 Å². The number of benzene rings is 2. The van der Waals surface area contributed by atoms with Crippen molar-refractivity contribution in [3.05, 3.63) is 59.4 Å². The minimum absolute atomic E-state index is 0.211. The van der Waals surface area contributed by atoms with Crippen LogP contribution in [-0.2, 0) is 0 Å². The molecule has 0 bridgehead atoms. The third kappa shape index (κ3) is 2.43. The summed E-state index contributed by atoms with van der Waals surface area (Å²) in [7, 11) is 1.43. The van der Waals surface area contributed by atoms with Crippen molar-refractivity contribution in [3.63, 3.8) is 0 Å². The summed E-state index contributed by atoms with van der Waals surface area (Å²) in [6.45, 7) is 0. The molecule has 18 heavy (non-hydrogen) atoms. The van der Waals surface area contributed by atoms with Gasteiger partial charge < -0.3 is 16.2 Å². The minimum atomic E-state index is -0.416. The maximum absolute atomic E-state index is 13.6. The molecule has 94 valence electrons. The van der Waals surface area contributed by atoms with E-state index in [2.05, 4.69) is 0 Å². The maximum atomic E-state index is 13.6. The first kappa shape index (κ1) is 12.4. The molecule has 0 heterocycles. The van der Waals surface area contributed by atoms with Crippen LogP contribution >= 0.6 is 0 Å². The van der Waals surface area contributed by atoms with Gasteiger partial charge in [-0.3, -0.25) is 0 Å². The number of nitrogen functional groups attached to an aromatic ring is 1. The van der Waals surface area contributed by atoms with E-state index in [0.29, 0.717) is 11.3 Å². The van der Waals surface area contributed by atoms with Gasteiger partial charge in [0.15, 0.2) is 11.6 Å². The van der Waals surface area contributed by atoms with Crippen molar-refractivity contribution in [3.8, 4) is 5.75 Å². The zero-order valence-electron chi connectivity index (χ0n) is 10.1. The second-order valence-corrected chi connectivity index (χ2v) is 4.04. The molecule has 2 aromatic rings. The zero-order valence-corrected chi connectivity index (χ0v) is 10.1. The second-order valence-electron chi connectivity index (χ2n) is 4.04. The van der Waals surface area contributed by atoms with Crippen LogP contribution in [0.15, 0.2) is 42.5 Å². The highest BCUT2D eigenvalue weighted by Gasteiger charge is 2.11. The lowest BCUT2D eigenvalue weighted by Gasteiger charge is -2.13. The third-order valence-corrected chi connectivity index (χ3v) is 2.83. The van der Waals surface area contributed by atoms with Crippen molar-refractivity contribution in [2.45, 2.75) is 6.04 Å². The van der Waals surface area contributed by atoms with E-state index >= 15 is 0 Å². The quantitative estimate of drug-likeness (QED) is 0.818. The largest absolute Gasteiger partial charge is 0.494 e. The first-order chi connectivity index (χ1) is 8.61. The number of halogens is 1. The summed E-state index contributed by atoms with van der Waals surface area (Å²) in [6, 6.07) is 11.5. The van der Waals surface area contributed by atoms with Crippen LogP contribution in [-0.4, -0.2) is 7.11 Å². The Bertz CT molecular complexity index is 540. The summed E-state index contributed by atoms with van der Waals surface area (Å²) in [5.74, 6) is -0.204. The minimum Gasteiger partial charge on any atom is -0.494 e. The predicted octanol–water partition coefficient (Wildman–Crippen LogP) is 2.46. The van der Waals surface area contributed by atoms with Gasteiger partial charge in [-0.25, -0.2) is 4.39 Å². The highest BCUT2D eigenvalue weighted by molar-refractivity contribution is 5.43. The molecule has 4 heteroatoms. The van der Waals surface area contributed by atoms with E-state index in [1.807, 2.05) is 12.1 Å². The molecule has 0 saturated carbocycles. The van der Waals surface area contributed by atoms with Crippen molar-refractivity contribution in [2.24, 2.45) is 5.73 Å². The molecule has 0 aliphatic rings. The molecule has 0 radical (unpaired) electrons. The molecule has 0 amide bonds. The normalized spacial score (nSPS) is 12.2. The summed E-state index contributed by atoms with van der Waals surface area (Å²) in [4.78, 5) is 0. The van der Waals surface area contributed by atoms with Gasteiger partial charge in [0.05, 0.1) is 13.2 Å². The summed E-state index contributed by atoms with van der Waals surface area (Å²) in [5.41, 5.74) is 13.9. The van der Waals surface area contributed by atoms with E-state index in [1.165, 1.54) is 13.2 Å². The van der Waals surface area contributed by atoms with Gasteiger partial charge >= 0.3 is 0 Å². The Labute approximate surface area is 105 Å². The van der Waals surface area contributed by atoms with Crippen LogP contribution in [0.3, 0.4) is 0 Å². The van der Waals surface area contributed by atoms with E-state index in [4.69, 9.17) is 16.2 Å². The molecular formula is C14H15FN2O. The summed E-state index contributed by atoms with van der Waals surface area (Å²) in [6.07, 6.45) is 0. The van der Waals surface area contributed by atoms with Crippen LogP contribution in [0.1, 0.15) is 17.2 Å². The molecule has 4 N–H and O–H groups in total. The van der Waals surface area contributed by atoms with E-state index in [0.717, 1.165) is 5.56 Å². The van der Waals surface area contributed by atoms with Gasteiger partial charge in [-0.2, -0.15) is 0 Å².